The maximum Gasteiger partial charge on any atom is 0.225 e. The van der Waals surface area contributed by atoms with Gasteiger partial charge in [-0.3, -0.25) is 4.40 Å². The van der Waals surface area contributed by atoms with Crippen molar-refractivity contribution in [1.82, 2.24) is 24.3 Å². The number of rotatable bonds is 4. The molecule has 0 radical (unpaired) electrons. The topological polar surface area (TPSA) is 88.5 Å². The van der Waals surface area contributed by atoms with E-state index in [1.165, 1.54) is 12.1 Å². The Bertz CT molecular complexity index is 1230. The van der Waals surface area contributed by atoms with Gasteiger partial charge in [-0.25, -0.2) is 24.3 Å². The van der Waals surface area contributed by atoms with E-state index in [1.807, 2.05) is 23.5 Å². The lowest BCUT2D eigenvalue weighted by Gasteiger charge is -2.35. The molecule has 2 N–H and O–H groups in total. The smallest absolute Gasteiger partial charge is 0.225 e. The van der Waals surface area contributed by atoms with Crippen LogP contribution >= 0.6 is 15.9 Å². The van der Waals surface area contributed by atoms with Gasteiger partial charge in [-0.15, -0.1) is 0 Å². The average molecular weight is 497 g/mol. The fraction of sp³-hybridized carbons (Fsp3) is 0.273. The van der Waals surface area contributed by atoms with Gasteiger partial charge in [-0.1, -0.05) is 12.1 Å². The average Bonchev–Trinajstić information content (AvgIpc) is 3.21. The van der Waals surface area contributed by atoms with Crippen molar-refractivity contribution < 1.29 is 4.39 Å². The molecule has 3 aromatic heterocycles. The molecule has 0 aliphatic carbocycles. The van der Waals surface area contributed by atoms with E-state index in [0.29, 0.717) is 5.95 Å². The van der Waals surface area contributed by atoms with Crippen LogP contribution in [-0.4, -0.2) is 50.5 Å². The summed E-state index contributed by atoms with van der Waals surface area (Å²) in [5.74, 6) is 1.24. The summed E-state index contributed by atoms with van der Waals surface area (Å²) in [4.78, 5) is 22.3. The quantitative estimate of drug-likeness (QED) is 0.464. The highest BCUT2D eigenvalue weighted by Gasteiger charge is 2.26. The zero-order valence-corrected chi connectivity index (χ0v) is 19.1. The van der Waals surface area contributed by atoms with E-state index in [4.69, 9.17) is 5.73 Å². The Balaban J connectivity index is 1.30. The molecule has 1 saturated heterocycles. The molecule has 1 fully saturated rings. The normalized spacial score (nSPS) is 16.4. The number of fused-ring (bicyclic) bond motifs is 1. The number of nitrogens with zero attached hydrogens (tertiary/aromatic N) is 7. The van der Waals surface area contributed by atoms with Crippen LogP contribution in [0.15, 0.2) is 59.7 Å². The summed E-state index contributed by atoms with van der Waals surface area (Å²) in [5, 5.41) is 0. The van der Waals surface area contributed by atoms with Crippen molar-refractivity contribution >= 4 is 33.5 Å². The minimum Gasteiger partial charge on any atom is -0.338 e. The van der Waals surface area contributed by atoms with Gasteiger partial charge in [0, 0.05) is 44.1 Å². The second-order valence-electron chi connectivity index (χ2n) is 7.98. The molecule has 10 heteroatoms. The number of hydrogen-bond acceptors (Lipinski definition) is 7. The van der Waals surface area contributed by atoms with Gasteiger partial charge in [-0.05, 0) is 52.7 Å². The second-order valence-corrected chi connectivity index (χ2v) is 8.79. The zero-order valence-electron chi connectivity index (χ0n) is 17.5. The lowest BCUT2D eigenvalue weighted by molar-refractivity contribution is 0.585. The van der Waals surface area contributed by atoms with E-state index in [2.05, 4.69) is 45.7 Å². The molecule has 5 rings (SSSR count). The molecule has 0 spiro atoms. The standard InChI is InChI=1S/C22H22BrFN8/c1-22(25,15-2-4-17(24)5-3-15)16-12-26-20(27-13-16)30-8-10-31(11-9-30)21-29-14-28-19-7-6-18(23)32(19)21/h2-7,12-14H,8-11,25H2,1H3/t22-/m0/s1. The van der Waals surface area contributed by atoms with E-state index in [1.54, 1.807) is 30.9 Å². The minimum atomic E-state index is -0.812. The van der Waals surface area contributed by atoms with E-state index in [9.17, 15) is 4.39 Å². The second kappa shape index (κ2) is 8.10. The first-order valence-corrected chi connectivity index (χ1v) is 11.1. The third kappa shape index (κ3) is 3.69. The van der Waals surface area contributed by atoms with Crippen molar-refractivity contribution in [3.63, 3.8) is 0 Å². The predicted molar refractivity (Wildman–Crippen MR) is 124 cm³/mol. The van der Waals surface area contributed by atoms with Gasteiger partial charge in [0.1, 0.15) is 17.8 Å². The lowest BCUT2D eigenvalue weighted by Crippen LogP contribution is -2.48. The molecule has 4 aromatic rings. The molecule has 0 amide bonds. The number of hydrogen-bond donors (Lipinski definition) is 1. The van der Waals surface area contributed by atoms with Crippen LogP contribution in [0, 0.1) is 5.82 Å². The highest BCUT2D eigenvalue weighted by atomic mass is 79.9. The number of piperazine rings is 1. The Labute approximate surface area is 193 Å². The third-order valence-corrected chi connectivity index (χ3v) is 6.52. The Morgan fingerprint density at radius 3 is 2.22 bits per heavy atom. The molecular formula is C22H22BrFN8. The van der Waals surface area contributed by atoms with E-state index < -0.39 is 5.54 Å². The molecule has 0 bridgehead atoms. The van der Waals surface area contributed by atoms with Crippen LogP contribution in [-0.2, 0) is 5.54 Å². The van der Waals surface area contributed by atoms with Crippen molar-refractivity contribution in [2.75, 3.05) is 36.0 Å². The van der Waals surface area contributed by atoms with Gasteiger partial charge in [0.15, 0.2) is 0 Å². The molecule has 1 aliphatic rings. The highest BCUT2D eigenvalue weighted by molar-refractivity contribution is 9.10. The Hall–Kier alpha value is -3.11. The molecule has 32 heavy (non-hydrogen) atoms. The Kier molecular flexibility index (Phi) is 5.26. The summed E-state index contributed by atoms with van der Waals surface area (Å²) in [6, 6.07) is 10.1. The van der Waals surface area contributed by atoms with E-state index in [-0.39, 0.29) is 5.82 Å². The van der Waals surface area contributed by atoms with Crippen molar-refractivity contribution in [2.45, 2.75) is 12.5 Å². The number of benzene rings is 1. The predicted octanol–water partition coefficient (Wildman–Crippen LogP) is 2.97. The van der Waals surface area contributed by atoms with Crippen LogP contribution in [0.3, 0.4) is 0 Å². The molecule has 164 valence electrons. The first kappa shape index (κ1) is 20.8. The van der Waals surface area contributed by atoms with Crippen LogP contribution in [0.25, 0.3) is 5.65 Å². The summed E-state index contributed by atoms with van der Waals surface area (Å²) in [5.41, 5.74) is 8.14. The molecule has 1 atom stereocenters. The van der Waals surface area contributed by atoms with Gasteiger partial charge in [0.2, 0.25) is 11.9 Å². The summed E-state index contributed by atoms with van der Waals surface area (Å²) in [6.07, 6.45) is 5.10. The molecule has 1 aliphatic heterocycles. The van der Waals surface area contributed by atoms with E-state index >= 15 is 0 Å². The Morgan fingerprint density at radius 2 is 1.53 bits per heavy atom. The number of halogens is 2. The molecule has 1 aromatic carbocycles. The van der Waals surface area contributed by atoms with Crippen LogP contribution in [0.2, 0.25) is 0 Å². The fourth-order valence-electron chi connectivity index (χ4n) is 3.94. The van der Waals surface area contributed by atoms with Crippen LogP contribution in [0.5, 0.6) is 0 Å². The fourth-order valence-corrected chi connectivity index (χ4v) is 4.42. The number of nitrogens with two attached hydrogens (primary N) is 1. The molecule has 8 nitrogen and oxygen atoms in total. The summed E-state index contributed by atoms with van der Waals surface area (Å²) in [6.45, 7) is 4.97. The van der Waals surface area contributed by atoms with Gasteiger partial charge >= 0.3 is 0 Å². The van der Waals surface area contributed by atoms with Gasteiger partial charge in [0.05, 0.1) is 10.1 Å². The molecule has 4 heterocycles. The first-order chi connectivity index (χ1) is 15.4. The van der Waals surface area contributed by atoms with Gasteiger partial charge in [0.25, 0.3) is 0 Å². The number of aromatic nitrogens is 5. The maximum atomic E-state index is 13.3. The van der Waals surface area contributed by atoms with Crippen LogP contribution < -0.4 is 15.5 Å². The van der Waals surface area contributed by atoms with Crippen molar-refractivity contribution in [2.24, 2.45) is 5.73 Å². The van der Waals surface area contributed by atoms with Crippen molar-refractivity contribution in [3.05, 3.63) is 76.7 Å². The lowest BCUT2D eigenvalue weighted by atomic mass is 9.87. The third-order valence-electron chi connectivity index (χ3n) is 5.90. The molecule has 0 unspecified atom stereocenters. The van der Waals surface area contributed by atoms with Gasteiger partial charge < -0.3 is 15.5 Å². The molecular weight excluding hydrogens is 475 g/mol. The van der Waals surface area contributed by atoms with Crippen LogP contribution in [0.4, 0.5) is 16.3 Å². The summed E-state index contributed by atoms with van der Waals surface area (Å²) >= 11 is 3.57. The highest BCUT2D eigenvalue weighted by Crippen LogP contribution is 2.27. The first-order valence-electron chi connectivity index (χ1n) is 10.3. The van der Waals surface area contributed by atoms with E-state index in [0.717, 1.165) is 53.5 Å². The maximum absolute atomic E-state index is 13.3. The molecule has 0 saturated carbocycles. The largest absolute Gasteiger partial charge is 0.338 e. The Morgan fingerprint density at radius 1 is 0.875 bits per heavy atom. The SMILES string of the molecule is C[C@](N)(c1ccc(F)cc1)c1cnc(N2CCN(c3ncnc4ccc(Br)n34)CC2)nc1. The van der Waals surface area contributed by atoms with Gasteiger partial charge in [-0.2, -0.15) is 0 Å². The minimum absolute atomic E-state index is 0.290. The number of anilines is 2. The zero-order chi connectivity index (χ0) is 22.3. The summed E-state index contributed by atoms with van der Waals surface area (Å²) in [7, 11) is 0. The van der Waals surface area contributed by atoms with Crippen molar-refractivity contribution in [1.29, 1.82) is 0 Å². The van der Waals surface area contributed by atoms with Crippen LogP contribution in [0.1, 0.15) is 18.1 Å². The van der Waals surface area contributed by atoms with Crippen molar-refractivity contribution in [3.8, 4) is 0 Å². The monoisotopic (exact) mass is 496 g/mol. The summed E-state index contributed by atoms with van der Waals surface area (Å²) < 4.78 is 16.2.